The summed E-state index contributed by atoms with van der Waals surface area (Å²) < 4.78 is 37.5. The molecule has 0 bridgehead atoms. The first-order valence-corrected chi connectivity index (χ1v) is 7.90. The fourth-order valence-electron chi connectivity index (χ4n) is 2.03. The van der Waals surface area contributed by atoms with E-state index in [1.54, 1.807) is 6.92 Å². The summed E-state index contributed by atoms with van der Waals surface area (Å²) in [6.45, 7) is 30.8. The predicted octanol–water partition coefficient (Wildman–Crippen LogP) is 4.25. The van der Waals surface area contributed by atoms with E-state index in [1.807, 2.05) is 18.2 Å². The van der Waals surface area contributed by atoms with E-state index in [-0.39, 0.29) is 26.5 Å². The largest absolute Gasteiger partial charge is 0 e. The van der Waals surface area contributed by atoms with Gasteiger partial charge in [-0.3, -0.25) is 4.79 Å². The molecule has 27 heavy (non-hydrogen) atoms. The van der Waals surface area contributed by atoms with Crippen LogP contribution in [0.3, 0.4) is 0 Å². The minimum atomic E-state index is -0.606. The van der Waals surface area contributed by atoms with Crippen LogP contribution in [0.4, 0.5) is 0 Å². The van der Waals surface area contributed by atoms with Crippen molar-refractivity contribution in [1.29, 1.82) is 0 Å². The van der Waals surface area contributed by atoms with Crippen molar-refractivity contribution in [2.24, 2.45) is 5.41 Å². The summed E-state index contributed by atoms with van der Waals surface area (Å²) >= 11 is 0. The average molecular weight is 556 g/mol. The van der Waals surface area contributed by atoms with Gasteiger partial charge < -0.3 is 0 Å². The Morgan fingerprint density at radius 2 is 1.15 bits per heavy atom. The zero-order valence-electron chi connectivity index (χ0n) is 15.2. The van der Waals surface area contributed by atoms with Crippen LogP contribution in [-0.2, 0) is 49.1 Å². The maximum absolute atomic E-state index is 11.6. The van der Waals surface area contributed by atoms with Crippen LogP contribution in [0, 0.1) is 38.7 Å². The summed E-state index contributed by atoms with van der Waals surface area (Å²) in [5, 5.41) is 2.69. The molecule has 0 amide bonds. The first-order valence-electron chi connectivity index (χ1n) is 6.56. The molecule has 0 aliphatic carbocycles. The van der Waals surface area contributed by atoms with Gasteiger partial charge in [0.25, 0.3) is 0 Å². The molecule has 140 valence electrons. The molecule has 0 N–H and O–H groups in total. The van der Waals surface area contributed by atoms with Crippen molar-refractivity contribution in [2.45, 2.75) is 27.7 Å². The van der Waals surface area contributed by atoms with Crippen LogP contribution in [-0.4, -0.2) is 5.52 Å². The predicted molar refractivity (Wildman–Crippen MR) is 90.1 cm³/mol. The van der Waals surface area contributed by atoms with Crippen molar-refractivity contribution in [3.05, 3.63) is 74.5 Å². The van der Waals surface area contributed by atoms with E-state index in [1.165, 1.54) is 16.2 Å². The topological polar surface area (TPSA) is 117 Å². The zero-order valence-corrected chi connectivity index (χ0v) is 19.0. The van der Waals surface area contributed by atoms with Crippen LogP contribution in [0.5, 0.6) is 0 Å². The summed E-state index contributed by atoms with van der Waals surface area (Å²) in [7, 11) is -0.606. The molecular formula is C19H17O6PW. The van der Waals surface area contributed by atoms with Crippen LogP contribution in [0.2, 0.25) is 0 Å². The number of benzene rings is 1. The van der Waals surface area contributed by atoms with Crippen molar-refractivity contribution in [3.8, 4) is 0 Å². The quantitative estimate of drug-likeness (QED) is 0.303. The SMILES string of the molecule is CC(=O)[P@@]1C(c2ccccc2)=C1C(C)(C)C.[C-]#[O+].[C-]#[O+].[C-]#[O+].[C-]#[O+].[C-]#[O+].[W]. The molecule has 8 heteroatoms. The average Bonchev–Trinajstić information content (AvgIpc) is 3.47. The van der Waals surface area contributed by atoms with E-state index in [0.29, 0.717) is 5.52 Å². The number of allylic oxidation sites excluding steroid dienone is 1. The van der Waals surface area contributed by atoms with Crippen molar-refractivity contribution >= 4 is 18.8 Å². The van der Waals surface area contributed by atoms with E-state index in [9.17, 15) is 4.79 Å². The summed E-state index contributed by atoms with van der Waals surface area (Å²) in [6, 6.07) is 10.3. The van der Waals surface area contributed by atoms with E-state index in [2.05, 4.69) is 66.2 Å². The molecule has 0 spiro atoms. The number of carbonyl (C=O) groups is 1. The molecule has 1 aromatic rings. The number of hydrogen-bond donors (Lipinski definition) is 0. The Kier molecular flexibility index (Phi) is 30.3. The third-order valence-electron chi connectivity index (χ3n) is 2.69. The first-order chi connectivity index (χ1) is 12.4. The summed E-state index contributed by atoms with van der Waals surface area (Å²) in [4.78, 5) is 11.6. The normalized spacial score (nSPS) is 12.1. The molecule has 1 aliphatic rings. The summed E-state index contributed by atoms with van der Waals surface area (Å²) in [5.41, 5.74) is 1.69. The van der Waals surface area contributed by atoms with Crippen LogP contribution in [0.15, 0.2) is 35.6 Å². The smallest absolute Gasteiger partial charge is 0 e. The molecule has 0 saturated heterocycles. The Morgan fingerprint density at radius 3 is 1.37 bits per heavy atom. The Bertz CT molecular complexity index is 629. The molecule has 0 unspecified atom stereocenters. The Balaban J connectivity index is -0.000000128. The van der Waals surface area contributed by atoms with Gasteiger partial charge in [0.05, 0.1) is 0 Å². The van der Waals surface area contributed by atoms with E-state index in [4.69, 9.17) is 23.3 Å². The van der Waals surface area contributed by atoms with E-state index >= 15 is 0 Å². The molecule has 1 atom stereocenters. The summed E-state index contributed by atoms with van der Waals surface area (Å²) in [6.07, 6.45) is 0. The zero-order chi connectivity index (χ0) is 21.9. The fourth-order valence-corrected chi connectivity index (χ4v) is 4.68. The van der Waals surface area contributed by atoms with E-state index in [0.717, 1.165) is 0 Å². The molecule has 0 radical (unpaired) electrons. The monoisotopic (exact) mass is 556 g/mol. The summed E-state index contributed by atoms with van der Waals surface area (Å²) in [5.74, 6) is 0. The van der Waals surface area contributed by atoms with Gasteiger partial charge in [0.15, 0.2) is 5.52 Å². The van der Waals surface area contributed by atoms with Gasteiger partial charge in [-0.15, -0.1) is 0 Å². The molecule has 0 fully saturated rings. The van der Waals surface area contributed by atoms with Gasteiger partial charge in [-0.05, 0) is 28.5 Å². The molecule has 0 saturated carbocycles. The fraction of sp³-hybridized carbons (Fsp3) is 0.263. The molecule has 6 nitrogen and oxygen atoms in total. The molecule has 1 aliphatic heterocycles. The molecule has 2 rings (SSSR count). The molecular weight excluding hydrogens is 539 g/mol. The minimum Gasteiger partial charge on any atom is 0 e. The second kappa shape index (κ2) is 22.5. The van der Waals surface area contributed by atoms with Crippen molar-refractivity contribution in [2.75, 3.05) is 0 Å². The van der Waals surface area contributed by atoms with Crippen LogP contribution in [0.25, 0.3) is 5.31 Å². The number of hydrogen-bond acceptors (Lipinski definition) is 1. The third kappa shape index (κ3) is 13.3. The van der Waals surface area contributed by atoms with E-state index < -0.39 is 7.92 Å². The maximum atomic E-state index is 11.6. The second-order valence-electron chi connectivity index (χ2n) is 5.17. The molecule has 1 heterocycles. The van der Waals surface area contributed by atoms with Crippen molar-refractivity contribution in [1.82, 2.24) is 0 Å². The van der Waals surface area contributed by atoms with Crippen molar-refractivity contribution < 1.29 is 49.1 Å². The Labute approximate surface area is 175 Å². The van der Waals surface area contributed by atoms with Gasteiger partial charge in [-0.2, -0.15) is 0 Å². The van der Waals surface area contributed by atoms with Gasteiger partial charge in [0, 0.05) is 29.0 Å². The van der Waals surface area contributed by atoms with Crippen LogP contribution < -0.4 is 0 Å². The Hall–Kier alpha value is -1.55. The van der Waals surface area contributed by atoms with Gasteiger partial charge in [-0.1, -0.05) is 51.1 Å². The Morgan fingerprint density at radius 1 is 0.815 bits per heavy atom. The van der Waals surface area contributed by atoms with Gasteiger partial charge >= 0.3 is 56.5 Å². The minimum absolute atomic E-state index is 0. The number of rotatable bonds is 2. The van der Waals surface area contributed by atoms with Crippen LogP contribution >= 0.6 is 7.92 Å². The number of carbonyl (C=O) groups excluding carboxylic acids is 1. The molecule has 0 aromatic heterocycles. The third-order valence-corrected chi connectivity index (χ3v) is 5.37. The van der Waals surface area contributed by atoms with Crippen molar-refractivity contribution in [3.63, 3.8) is 0 Å². The first kappa shape index (κ1) is 36.4. The van der Waals surface area contributed by atoms with Gasteiger partial charge in [-0.25, -0.2) is 0 Å². The second-order valence-corrected chi connectivity index (χ2v) is 7.36. The van der Waals surface area contributed by atoms with Gasteiger partial charge in [0.2, 0.25) is 0 Å². The standard InChI is InChI=1S/C14H17OP.5CO.W/c1-10(15)16-12(13(16)14(2,3)4)11-8-6-5-7-9-11;5*1-2;/h5-9H,1-4H3;;;;;;/t16-;;;;;;/m0....../s1. The van der Waals surface area contributed by atoms with Crippen LogP contribution in [0.1, 0.15) is 33.3 Å². The molecule has 1 aromatic carbocycles. The van der Waals surface area contributed by atoms with Gasteiger partial charge in [0.1, 0.15) is 0 Å². The maximum Gasteiger partial charge on any atom is 0 e.